The van der Waals surface area contributed by atoms with Crippen LogP contribution in [0.4, 0.5) is 5.69 Å². The van der Waals surface area contributed by atoms with E-state index in [0.29, 0.717) is 6.04 Å². The molecule has 1 aliphatic heterocycles. The highest BCUT2D eigenvalue weighted by molar-refractivity contribution is 5.73. The molecule has 1 aromatic rings. The molecule has 0 unspecified atom stereocenters. The van der Waals surface area contributed by atoms with Crippen LogP contribution < -0.4 is 10.2 Å². The lowest BCUT2D eigenvalue weighted by Crippen LogP contribution is -2.36. The monoisotopic (exact) mass is 358 g/mol. The Hall–Kier alpha value is -1.55. The van der Waals surface area contributed by atoms with Gasteiger partial charge in [-0.3, -0.25) is 4.79 Å². The van der Waals surface area contributed by atoms with Gasteiger partial charge in [-0.15, -0.1) is 0 Å². The molecule has 1 aliphatic carbocycles. The van der Waals surface area contributed by atoms with Gasteiger partial charge in [0.15, 0.2) is 0 Å². The zero-order valence-electron chi connectivity index (χ0n) is 16.6. The summed E-state index contributed by atoms with van der Waals surface area (Å²) in [7, 11) is 0. The minimum Gasteiger partial charge on any atom is -0.460 e. The Bertz CT molecular complexity index is 594. The molecule has 1 saturated heterocycles. The normalized spacial score (nSPS) is 23.9. The van der Waals surface area contributed by atoms with E-state index in [1.165, 1.54) is 37.2 Å². The van der Waals surface area contributed by atoms with Gasteiger partial charge in [-0.05, 0) is 77.0 Å². The molecule has 0 aromatic heterocycles. The van der Waals surface area contributed by atoms with Gasteiger partial charge in [-0.25, -0.2) is 0 Å². The zero-order chi connectivity index (χ0) is 18.6. The van der Waals surface area contributed by atoms with E-state index in [9.17, 15) is 4.79 Å². The standard InChI is InChI=1S/C22H34N2O2/c1-22(2,3)26-21(25)18-9-11-19(12-10-18)23-16-17-7-6-8-20(15-17)24-13-4-5-14-24/h6-8,15,18-19,23H,4-5,9-14,16H2,1-3H3. The fourth-order valence-electron chi connectivity index (χ4n) is 4.02. The van der Waals surface area contributed by atoms with Gasteiger partial charge in [0.05, 0.1) is 5.92 Å². The van der Waals surface area contributed by atoms with Crippen LogP contribution in [0.25, 0.3) is 0 Å². The number of benzene rings is 1. The number of rotatable bonds is 5. The SMILES string of the molecule is CC(C)(C)OC(=O)C1CCC(NCc2cccc(N3CCCC3)c2)CC1. The molecule has 0 radical (unpaired) electrons. The van der Waals surface area contributed by atoms with Crippen LogP contribution in [0.15, 0.2) is 24.3 Å². The molecule has 1 heterocycles. The summed E-state index contributed by atoms with van der Waals surface area (Å²) in [5.41, 5.74) is 2.33. The third-order valence-electron chi connectivity index (χ3n) is 5.44. The number of hydrogen-bond acceptors (Lipinski definition) is 4. The minimum atomic E-state index is -0.382. The second-order valence-corrected chi connectivity index (χ2v) is 8.83. The van der Waals surface area contributed by atoms with E-state index in [1.807, 2.05) is 20.8 Å². The van der Waals surface area contributed by atoms with Gasteiger partial charge in [0.1, 0.15) is 5.60 Å². The quantitative estimate of drug-likeness (QED) is 0.798. The van der Waals surface area contributed by atoms with Crippen molar-refractivity contribution < 1.29 is 9.53 Å². The van der Waals surface area contributed by atoms with Crippen LogP contribution in [0.5, 0.6) is 0 Å². The maximum atomic E-state index is 12.2. The van der Waals surface area contributed by atoms with Crippen molar-refractivity contribution in [2.75, 3.05) is 18.0 Å². The summed E-state index contributed by atoms with van der Waals surface area (Å²) < 4.78 is 5.54. The predicted molar refractivity (Wildman–Crippen MR) is 106 cm³/mol. The molecule has 0 bridgehead atoms. The highest BCUT2D eigenvalue weighted by Gasteiger charge is 2.29. The highest BCUT2D eigenvalue weighted by atomic mass is 16.6. The molecule has 3 rings (SSSR count). The third kappa shape index (κ3) is 5.47. The molecule has 0 amide bonds. The molecule has 144 valence electrons. The topological polar surface area (TPSA) is 41.6 Å². The Morgan fingerprint density at radius 2 is 1.85 bits per heavy atom. The Morgan fingerprint density at radius 1 is 1.15 bits per heavy atom. The summed E-state index contributed by atoms with van der Waals surface area (Å²) >= 11 is 0. The molecule has 26 heavy (non-hydrogen) atoms. The molecule has 0 atom stereocenters. The van der Waals surface area contributed by atoms with Crippen molar-refractivity contribution in [1.29, 1.82) is 0 Å². The van der Waals surface area contributed by atoms with Crippen molar-refractivity contribution in [2.45, 2.75) is 77.5 Å². The van der Waals surface area contributed by atoms with Gasteiger partial charge in [-0.2, -0.15) is 0 Å². The van der Waals surface area contributed by atoms with Crippen LogP contribution in [-0.4, -0.2) is 30.7 Å². The molecule has 1 aromatic carbocycles. The number of nitrogens with zero attached hydrogens (tertiary/aromatic N) is 1. The Labute approximate surface area is 158 Å². The smallest absolute Gasteiger partial charge is 0.309 e. The first-order valence-electron chi connectivity index (χ1n) is 10.2. The van der Waals surface area contributed by atoms with Gasteiger partial charge in [0.25, 0.3) is 0 Å². The number of carbonyl (C=O) groups excluding carboxylic acids is 1. The first kappa shape index (κ1) is 19.2. The van der Waals surface area contributed by atoms with E-state index >= 15 is 0 Å². The maximum absolute atomic E-state index is 12.2. The van der Waals surface area contributed by atoms with Gasteiger partial charge in [0.2, 0.25) is 0 Å². The van der Waals surface area contributed by atoms with Gasteiger partial charge in [0, 0.05) is 31.4 Å². The minimum absolute atomic E-state index is 0.0192. The van der Waals surface area contributed by atoms with E-state index in [1.54, 1.807) is 0 Å². The van der Waals surface area contributed by atoms with E-state index in [0.717, 1.165) is 32.2 Å². The Balaban J connectivity index is 1.44. The number of nitrogens with one attached hydrogen (secondary N) is 1. The molecule has 2 fully saturated rings. The molecule has 0 spiro atoms. The molecule has 1 saturated carbocycles. The first-order chi connectivity index (χ1) is 12.4. The van der Waals surface area contributed by atoms with Crippen LogP contribution in [0.2, 0.25) is 0 Å². The summed E-state index contributed by atoms with van der Waals surface area (Å²) in [6, 6.07) is 9.43. The molecule has 1 N–H and O–H groups in total. The molecular weight excluding hydrogens is 324 g/mol. The second kappa shape index (κ2) is 8.43. The van der Waals surface area contributed by atoms with E-state index in [4.69, 9.17) is 4.74 Å². The van der Waals surface area contributed by atoms with E-state index in [2.05, 4.69) is 34.5 Å². The van der Waals surface area contributed by atoms with Crippen LogP contribution in [0.3, 0.4) is 0 Å². The lowest BCUT2D eigenvalue weighted by molar-refractivity contribution is -0.161. The summed E-state index contributed by atoms with van der Waals surface area (Å²) in [4.78, 5) is 14.7. The van der Waals surface area contributed by atoms with Gasteiger partial charge < -0.3 is 15.0 Å². The van der Waals surface area contributed by atoms with Crippen LogP contribution >= 0.6 is 0 Å². The lowest BCUT2D eigenvalue weighted by atomic mass is 9.86. The lowest BCUT2D eigenvalue weighted by Gasteiger charge is -2.30. The van der Waals surface area contributed by atoms with Crippen LogP contribution in [0.1, 0.15) is 64.9 Å². The molecule has 2 aliphatic rings. The van der Waals surface area contributed by atoms with Crippen molar-refractivity contribution in [3.8, 4) is 0 Å². The van der Waals surface area contributed by atoms with Gasteiger partial charge in [-0.1, -0.05) is 12.1 Å². The summed E-state index contributed by atoms with van der Waals surface area (Å²) in [5, 5.41) is 3.69. The zero-order valence-corrected chi connectivity index (χ0v) is 16.6. The fourth-order valence-corrected chi connectivity index (χ4v) is 4.02. The molecule has 4 heteroatoms. The number of anilines is 1. The number of esters is 1. The van der Waals surface area contributed by atoms with Crippen molar-refractivity contribution in [3.05, 3.63) is 29.8 Å². The van der Waals surface area contributed by atoms with Crippen LogP contribution in [0, 0.1) is 5.92 Å². The van der Waals surface area contributed by atoms with E-state index in [-0.39, 0.29) is 17.5 Å². The summed E-state index contributed by atoms with van der Waals surface area (Å²) in [6.07, 6.45) is 6.58. The second-order valence-electron chi connectivity index (χ2n) is 8.83. The largest absolute Gasteiger partial charge is 0.460 e. The van der Waals surface area contributed by atoms with Crippen LogP contribution in [-0.2, 0) is 16.1 Å². The first-order valence-corrected chi connectivity index (χ1v) is 10.2. The molecular formula is C22H34N2O2. The van der Waals surface area contributed by atoms with E-state index < -0.39 is 0 Å². The third-order valence-corrected chi connectivity index (χ3v) is 5.44. The average Bonchev–Trinajstić information content (AvgIpc) is 3.14. The summed E-state index contributed by atoms with van der Waals surface area (Å²) in [5.74, 6) is 0.0556. The Morgan fingerprint density at radius 3 is 2.50 bits per heavy atom. The predicted octanol–water partition coefficient (Wildman–Crippen LogP) is 4.28. The van der Waals surface area contributed by atoms with Crippen molar-refractivity contribution >= 4 is 11.7 Å². The number of ether oxygens (including phenoxy) is 1. The van der Waals surface area contributed by atoms with Crippen molar-refractivity contribution in [2.24, 2.45) is 5.92 Å². The van der Waals surface area contributed by atoms with Gasteiger partial charge >= 0.3 is 5.97 Å². The van der Waals surface area contributed by atoms with Crippen molar-refractivity contribution in [1.82, 2.24) is 5.32 Å². The number of carbonyl (C=O) groups is 1. The fraction of sp³-hybridized carbons (Fsp3) is 0.682. The highest BCUT2D eigenvalue weighted by Crippen LogP contribution is 2.27. The average molecular weight is 359 g/mol. The maximum Gasteiger partial charge on any atom is 0.309 e. The summed E-state index contributed by atoms with van der Waals surface area (Å²) in [6.45, 7) is 9.09. The van der Waals surface area contributed by atoms with Crippen molar-refractivity contribution in [3.63, 3.8) is 0 Å². The molecule has 4 nitrogen and oxygen atoms in total. The Kier molecular flexibility index (Phi) is 6.23. The number of hydrogen-bond donors (Lipinski definition) is 1.